The van der Waals surface area contributed by atoms with E-state index in [0.717, 1.165) is 6.54 Å². The van der Waals surface area contributed by atoms with Crippen molar-refractivity contribution in [2.75, 3.05) is 26.3 Å². The summed E-state index contributed by atoms with van der Waals surface area (Å²) >= 11 is 0. The highest BCUT2D eigenvalue weighted by Gasteiger charge is 2.44. The molecule has 5 heteroatoms. The monoisotopic (exact) mass is 507 g/mol. The van der Waals surface area contributed by atoms with E-state index < -0.39 is 11.6 Å². The molecule has 0 radical (unpaired) electrons. The molecule has 1 aliphatic heterocycles. The van der Waals surface area contributed by atoms with Gasteiger partial charge in [-0.3, -0.25) is 9.69 Å². The summed E-state index contributed by atoms with van der Waals surface area (Å²) in [6.07, 6.45) is -0.653. The summed E-state index contributed by atoms with van der Waals surface area (Å²) in [5.74, 6) is -0.465. The molecule has 0 saturated carbocycles. The van der Waals surface area contributed by atoms with Crippen molar-refractivity contribution in [1.29, 1.82) is 0 Å². The lowest BCUT2D eigenvalue weighted by molar-refractivity contribution is -0.0992. The lowest BCUT2D eigenvalue weighted by Crippen LogP contribution is -2.56. The van der Waals surface area contributed by atoms with Crippen LogP contribution in [0.1, 0.15) is 45.1 Å². The molecule has 1 saturated heterocycles. The summed E-state index contributed by atoms with van der Waals surface area (Å²) in [4.78, 5) is 14.9. The lowest BCUT2D eigenvalue weighted by Gasteiger charge is -2.48. The molecular weight excluding hydrogens is 477 g/mol. The van der Waals surface area contributed by atoms with Crippen molar-refractivity contribution in [2.24, 2.45) is 0 Å². The Morgan fingerprint density at radius 3 is 1.97 bits per heavy atom. The van der Waals surface area contributed by atoms with Gasteiger partial charge in [0.15, 0.2) is 5.78 Å². The van der Waals surface area contributed by atoms with E-state index in [0.29, 0.717) is 24.3 Å². The first kappa shape index (κ1) is 24.7. The molecule has 4 aromatic rings. The Morgan fingerprint density at radius 1 is 0.816 bits per heavy atom. The van der Waals surface area contributed by atoms with Gasteiger partial charge in [-0.05, 0) is 22.8 Å². The number of nitrogens with zero attached hydrogens (tertiary/aromatic N) is 1. The van der Waals surface area contributed by atoms with E-state index in [1.165, 1.54) is 22.8 Å². The van der Waals surface area contributed by atoms with Crippen molar-refractivity contribution < 1.29 is 18.7 Å². The average Bonchev–Trinajstić information content (AvgIpc) is 3.31. The number of hydrogen-bond donors (Lipinski definition) is 0. The first-order valence-corrected chi connectivity index (χ1v) is 13.1. The number of benzene rings is 4. The summed E-state index contributed by atoms with van der Waals surface area (Å²) in [5.41, 5.74) is 3.80. The molecule has 0 bridgehead atoms. The van der Waals surface area contributed by atoms with Crippen molar-refractivity contribution in [3.05, 3.63) is 143 Å². The van der Waals surface area contributed by atoms with Gasteiger partial charge in [0.2, 0.25) is 0 Å². The van der Waals surface area contributed by atoms with Gasteiger partial charge >= 0.3 is 0 Å². The summed E-state index contributed by atoms with van der Waals surface area (Å²) < 4.78 is 26.9. The molecule has 2 unspecified atom stereocenters. The van der Waals surface area contributed by atoms with Crippen LogP contribution in [0.5, 0.6) is 0 Å². The summed E-state index contributed by atoms with van der Waals surface area (Å²) in [5, 5.41) is 0. The number of carbonyl (C=O) groups excluding carboxylic acids is 1. The van der Waals surface area contributed by atoms with Crippen molar-refractivity contribution in [3.63, 3.8) is 0 Å². The minimum Gasteiger partial charge on any atom is -0.373 e. The number of fused-ring (bicyclic) bond motifs is 1. The molecule has 1 fully saturated rings. The third kappa shape index (κ3) is 4.37. The lowest BCUT2D eigenvalue weighted by atomic mass is 9.75. The first-order chi connectivity index (χ1) is 18.7. The predicted octanol–water partition coefficient (Wildman–Crippen LogP) is 6.16. The second-order valence-corrected chi connectivity index (χ2v) is 9.90. The summed E-state index contributed by atoms with van der Waals surface area (Å²) in [6.45, 7) is 2.16. The Balaban J connectivity index is 1.33. The van der Waals surface area contributed by atoms with Crippen LogP contribution in [0.4, 0.5) is 4.39 Å². The molecule has 0 aromatic heterocycles. The van der Waals surface area contributed by atoms with Crippen molar-refractivity contribution in [2.45, 2.75) is 24.2 Å². The van der Waals surface area contributed by atoms with E-state index >= 15 is 0 Å². The maximum Gasteiger partial charge on any atom is 0.166 e. The molecule has 192 valence electrons. The fraction of sp³-hybridized carbons (Fsp3) is 0.242. The average molecular weight is 508 g/mol. The van der Waals surface area contributed by atoms with Crippen LogP contribution in [0.15, 0.2) is 109 Å². The molecule has 1 heterocycles. The number of carbonyl (C=O) groups is 1. The van der Waals surface area contributed by atoms with Gasteiger partial charge in [0.05, 0.1) is 31.0 Å². The molecule has 0 N–H and O–H groups in total. The fourth-order valence-electron chi connectivity index (χ4n) is 6.06. The third-order valence-electron chi connectivity index (χ3n) is 7.72. The zero-order chi connectivity index (χ0) is 26.0. The Morgan fingerprint density at radius 2 is 1.39 bits per heavy atom. The maximum atomic E-state index is 14.6. The number of hydrogen-bond acceptors (Lipinski definition) is 4. The SMILES string of the molecule is O=C1CC(OCC2CN(C(c3ccccc3)(c3ccccc3)c3ccccc3)CCO2)c2c(F)cccc21. The molecule has 1 aliphatic carbocycles. The van der Waals surface area contributed by atoms with Crippen LogP contribution >= 0.6 is 0 Å². The highest BCUT2D eigenvalue weighted by Crippen LogP contribution is 2.43. The second kappa shape index (κ2) is 10.6. The predicted molar refractivity (Wildman–Crippen MR) is 145 cm³/mol. The molecule has 0 spiro atoms. The minimum atomic E-state index is -0.584. The Labute approximate surface area is 222 Å². The maximum absolute atomic E-state index is 14.6. The zero-order valence-electron chi connectivity index (χ0n) is 21.1. The molecule has 4 nitrogen and oxygen atoms in total. The van der Waals surface area contributed by atoms with Crippen LogP contribution in [0, 0.1) is 5.82 Å². The van der Waals surface area contributed by atoms with Crippen LogP contribution in [0.3, 0.4) is 0 Å². The smallest absolute Gasteiger partial charge is 0.166 e. The summed E-state index contributed by atoms with van der Waals surface area (Å²) in [6, 6.07) is 36.4. The van der Waals surface area contributed by atoms with Gasteiger partial charge in [-0.2, -0.15) is 0 Å². The van der Waals surface area contributed by atoms with Gasteiger partial charge in [-0.25, -0.2) is 4.39 Å². The quantitative estimate of drug-likeness (QED) is 0.281. The van der Waals surface area contributed by atoms with Crippen LogP contribution in [-0.2, 0) is 15.0 Å². The van der Waals surface area contributed by atoms with Gasteiger partial charge in [-0.1, -0.05) is 103 Å². The number of Topliss-reactive ketones (excluding diaryl/α,β-unsaturated/α-hetero) is 1. The molecule has 0 amide bonds. The molecule has 4 aromatic carbocycles. The van der Waals surface area contributed by atoms with E-state index in [-0.39, 0.29) is 30.7 Å². The van der Waals surface area contributed by atoms with E-state index in [1.54, 1.807) is 12.1 Å². The highest BCUT2D eigenvalue weighted by atomic mass is 19.1. The molecule has 6 rings (SSSR count). The standard InChI is InChI=1S/C33H30FNO3/c34-29-18-10-17-28-30(36)21-31(32(28)29)38-23-27-22-35(19-20-37-27)33(24-11-4-1-5-12-24,25-13-6-2-7-14-25)26-15-8-3-9-16-26/h1-18,27,31H,19-23H2. The van der Waals surface area contributed by atoms with E-state index in [9.17, 15) is 9.18 Å². The fourth-order valence-corrected chi connectivity index (χ4v) is 6.06. The zero-order valence-corrected chi connectivity index (χ0v) is 21.1. The van der Waals surface area contributed by atoms with Crippen molar-refractivity contribution in [1.82, 2.24) is 4.90 Å². The van der Waals surface area contributed by atoms with Crippen molar-refractivity contribution in [3.8, 4) is 0 Å². The van der Waals surface area contributed by atoms with Gasteiger partial charge in [0, 0.05) is 30.6 Å². The molecule has 38 heavy (non-hydrogen) atoms. The van der Waals surface area contributed by atoms with E-state index in [4.69, 9.17) is 9.47 Å². The highest BCUT2D eigenvalue weighted by molar-refractivity contribution is 6.01. The van der Waals surface area contributed by atoms with Gasteiger partial charge in [0.25, 0.3) is 0 Å². The third-order valence-corrected chi connectivity index (χ3v) is 7.72. The van der Waals surface area contributed by atoms with Crippen LogP contribution < -0.4 is 0 Å². The molecular formula is C33H30FNO3. The Hall–Kier alpha value is -3.64. The molecule has 2 aliphatic rings. The number of ether oxygens (including phenoxy) is 2. The van der Waals surface area contributed by atoms with E-state index in [2.05, 4.69) is 77.7 Å². The minimum absolute atomic E-state index is 0.0769. The number of halogens is 1. The molecule has 2 atom stereocenters. The van der Waals surface area contributed by atoms with Crippen LogP contribution in [-0.4, -0.2) is 43.1 Å². The first-order valence-electron chi connectivity index (χ1n) is 13.1. The Bertz CT molecular complexity index is 1300. The van der Waals surface area contributed by atoms with E-state index in [1.807, 2.05) is 18.2 Å². The number of ketones is 1. The normalized spacial score (nSPS) is 19.9. The largest absolute Gasteiger partial charge is 0.373 e. The Kier molecular flexibility index (Phi) is 6.90. The summed E-state index contributed by atoms with van der Waals surface area (Å²) in [7, 11) is 0. The van der Waals surface area contributed by atoms with Crippen LogP contribution in [0.25, 0.3) is 0 Å². The van der Waals surface area contributed by atoms with Gasteiger partial charge in [-0.15, -0.1) is 0 Å². The van der Waals surface area contributed by atoms with Gasteiger partial charge < -0.3 is 9.47 Å². The number of rotatable bonds is 7. The van der Waals surface area contributed by atoms with Gasteiger partial charge in [0.1, 0.15) is 5.82 Å². The second-order valence-electron chi connectivity index (χ2n) is 9.90. The topological polar surface area (TPSA) is 38.8 Å². The number of morpholine rings is 1. The van der Waals surface area contributed by atoms with Crippen molar-refractivity contribution >= 4 is 5.78 Å². The van der Waals surface area contributed by atoms with Crippen LogP contribution in [0.2, 0.25) is 0 Å².